The number of carbonyl (C=O) groups excluding carboxylic acids is 2. The summed E-state index contributed by atoms with van der Waals surface area (Å²) in [6.07, 6.45) is 2.99. The number of benzene rings is 1. The second-order valence-electron chi connectivity index (χ2n) is 9.04. The first-order valence-corrected chi connectivity index (χ1v) is 12.1. The topological polar surface area (TPSA) is 70.4 Å². The lowest BCUT2D eigenvalue weighted by Crippen LogP contribution is -2.46. The minimum Gasteiger partial charge on any atom is -0.379 e. The van der Waals surface area contributed by atoms with Crippen LogP contribution in [0.3, 0.4) is 0 Å². The van der Waals surface area contributed by atoms with E-state index in [0.29, 0.717) is 32.6 Å². The molecule has 0 N–H and O–H groups in total. The van der Waals surface area contributed by atoms with Gasteiger partial charge in [-0.05, 0) is 24.6 Å². The predicted molar refractivity (Wildman–Crippen MR) is 131 cm³/mol. The van der Waals surface area contributed by atoms with Crippen molar-refractivity contribution >= 4 is 17.5 Å². The van der Waals surface area contributed by atoms with Crippen LogP contribution >= 0.6 is 0 Å². The number of aromatic nitrogens is 1. The maximum absolute atomic E-state index is 13.6. The second-order valence-corrected chi connectivity index (χ2v) is 9.04. The third-order valence-electron chi connectivity index (χ3n) is 6.64. The summed E-state index contributed by atoms with van der Waals surface area (Å²) in [6.45, 7) is 8.32. The molecule has 1 atom stereocenters. The number of ether oxygens (including phenoxy) is 1. The van der Waals surface area contributed by atoms with Gasteiger partial charge in [0.15, 0.2) is 0 Å². The molecule has 4 rings (SSSR count). The molecule has 1 saturated heterocycles. The SMILES string of the molecule is CCC(=O)N(CCN1CCOCC1)CC(=O)N1N=C(c2cccn2C)C[C@H]1c1ccc(C)cc1. The average molecular weight is 466 g/mol. The Kier molecular flexibility index (Phi) is 7.80. The van der Waals surface area contributed by atoms with Crippen LogP contribution < -0.4 is 0 Å². The molecule has 0 saturated carbocycles. The summed E-state index contributed by atoms with van der Waals surface area (Å²) in [5.41, 5.74) is 4.11. The van der Waals surface area contributed by atoms with Crippen LogP contribution in [0.1, 0.15) is 42.6 Å². The van der Waals surface area contributed by atoms with Crippen molar-refractivity contribution in [3.05, 3.63) is 59.4 Å². The molecule has 182 valence electrons. The van der Waals surface area contributed by atoms with Gasteiger partial charge in [-0.25, -0.2) is 5.01 Å². The molecule has 8 nitrogen and oxygen atoms in total. The van der Waals surface area contributed by atoms with Crippen molar-refractivity contribution in [2.24, 2.45) is 12.1 Å². The Balaban J connectivity index is 1.53. The summed E-state index contributed by atoms with van der Waals surface area (Å²) in [5, 5.41) is 6.37. The number of amides is 2. The van der Waals surface area contributed by atoms with Gasteiger partial charge in [-0.1, -0.05) is 36.8 Å². The Morgan fingerprint density at radius 3 is 2.53 bits per heavy atom. The maximum atomic E-state index is 13.6. The van der Waals surface area contributed by atoms with Crippen molar-refractivity contribution in [1.82, 2.24) is 19.4 Å². The van der Waals surface area contributed by atoms with Crippen LogP contribution in [0.2, 0.25) is 0 Å². The zero-order valence-electron chi connectivity index (χ0n) is 20.4. The molecule has 2 aliphatic heterocycles. The van der Waals surface area contributed by atoms with E-state index in [1.54, 1.807) is 9.91 Å². The fourth-order valence-corrected chi connectivity index (χ4v) is 4.54. The lowest BCUT2D eigenvalue weighted by Gasteiger charge is -2.31. The molecule has 34 heavy (non-hydrogen) atoms. The van der Waals surface area contributed by atoms with E-state index in [-0.39, 0.29) is 24.4 Å². The maximum Gasteiger partial charge on any atom is 0.262 e. The van der Waals surface area contributed by atoms with Crippen molar-refractivity contribution in [2.75, 3.05) is 45.9 Å². The van der Waals surface area contributed by atoms with E-state index in [9.17, 15) is 9.59 Å². The van der Waals surface area contributed by atoms with Gasteiger partial charge in [0.2, 0.25) is 5.91 Å². The molecule has 0 aliphatic carbocycles. The molecule has 0 unspecified atom stereocenters. The predicted octanol–water partition coefficient (Wildman–Crippen LogP) is 2.58. The first kappa shape index (κ1) is 24.2. The molecular formula is C26H35N5O3. The lowest BCUT2D eigenvalue weighted by atomic mass is 9.99. The number of carbonyl (C=O) groups is 2. The van der Waals surface area contributed by atoms with Gasteiger partial charge in [0.05, 0.1) is 30.7 Å². The summed E-state index contributed by atoms with van der Waals surface area (Å²) in [6, 6.07) is 12.1. The van der Waals surface area contributed by atoms with E-state index in [1.807, 2.05) is 36.9 Å². The van der Waals surface area contributed by atoms with Crippen LogP contribution in [0.4, 0.5) is 0 Å². The van der Waals surface area contributed by atoms with Crippen molar-refractivity contribution < 1.29 is 14.3 Å². The van der Waals surface area contributed by atoms with E-state index < -0.39 is 0 Å². The minimum absolute atomic E-state index is 0.0145. The Bertz CT molecular complexity index is 1020. The molecule has 0 bridgehead atoms. The van der Waals surface area contributed by atoms with E-state index in [0.717, 1.165) is 36.6 Å². The standard InChI is InChI=1S/C26H35N5O3/c1-4-25(32)30(13-12-29-14-16-34-17-15-29)19-26(33)31-24(21-9-7-20(2)8-10-21)18-22(27-31)23-6-5-11-28(23)3/h5-11,24H,4,12-19H2,1-3H3/t24-/m0/s1. The number of hydrazone groups is 1. The molecule has 1 fully saturated rings. The highest BCUT2D eigenvalue weighted by atomic mass is 16.5. The number of rotatable bonds is 8. The third-order valence-corrected chi connectivity index (χ3v) is 6.64. The fourth-order valence-electron chi connectivity index (χ4n) is 4.54. The molecule has 2 aromatic rings. The number of aryl methyl sites for hydroxylation is 2. The van der Waals surface area contributed by atoms with E-state index in [4.69, 9.17) is 9.84 Å². The van der Waals surface area contributed by atoms with Gasteiger partial charge < -0.3 is 14.2 Å². The van der Waals surface area contributed by atoms with Crippen LogP contribution in [0, 0.1) is 6.92 Å². The Hall–Kier alpha value is -2.97. The Morgan fingerprint density at radius 1 is 1.15 bits per heavy atom. The fraction of sp³-hybridized carbons (Fsp3) is 0.500. The summed E-state index contributed by atoms with van der Waals surface area (Å²) in [4.78, 5) is 30.2. The van der Waals surface area contributed by atoms with Gasteiger partial charge >= 0.3 is 0 Å². The highest BCUT2D eigenvalue weighted by Gasteiger charge is 2.35. The first-order chi connectivity index (χ1) is 16.5. The van der Waals surface area contributed by atoms with Crippen molar-refractivity contribution in [1.29, 1.82) is 0 Å². The lowest BCUT2D eigenvalue weighted by molar-refractivity contribution is -0.141. The Morgan fingerprint density at radius 2 is 1.88 bits per heavy atom. The van der Waals surface area contributed by atoms with Crippen LogP contribution in [-0.2, 0) is 21.4 Å². The molecular weight excluding hydrogens is 430 g/mol. The van der Waals surface area contributed by atoms with Crippen LogP contribution in [-0.4, -0.2) is 82.8 Å². The molecule has 8 heteroatoms. The molecule has 2 aliphatic rings. The van der Waals surface area contributed by atoms with Crippen LogP contribution in [0.15, 0.2) is 47.7 Å². The summed E-state index contributed by atoms with van der Waals surface area (Å²) in [7, 11) is 1.98. The number of nitrogens with zero attached hydrogens (tertiary/aromatic N) is 5. The zero-order chi connectivity index (χ0) is 24.1. The van der Waals surface area contributed by atoms with Gasteiger partial charge in [-0.15, -0.1) is 0 Å². The molecule has 0 spiro atoms. The molecule has 0 radical (unpaired) electrons. The monoisotopic (exact) mass is 465 g/mol. The van der Waals surface area contributed by atoms with E-state index >= 15 is 0 Å². The summed E-state index contributed by atoms with van der Waals surface area (Å²) in [5.74, 6) is -0.169. The van der Waals surface area contributed by atoms with Gasteiger partial charge in [-0.2, -0.15) is 5.10 Å². The van der Waals surface area contributed by atoms with E-state index in [1.165, 1.54) is 5.56 Å². The smallest absolute Gasteiger partial charge is 0.262 e. The van der Waals surface area contributed by atoms with Crippen LogP contribution in [0.25, 0.3) is 0 Å². The van der Waals surface area contributed by atoms with Crippen molar-refractivity contribution in [3.8, 4) is 0 Å². The third kappa shape index (κ3) is 5.56. The van der Waals surface area contributed by atoms with Crippen molar-refractivity contribution in [3.63, 3.8) is 0 Å². The second kappa shape index (κ2) is 11.0. The summed E-state index contributed by atoms with van der Waals surface area (Å²) < 4.78 is 7.44. The molecule has 2 amide bonds. The molecule has 1 aromatic carbocycles. The van der Waals surface area contributed by atoms with E-state index in [2.05, 4.69) is 36.1 Å². The van der Waals surface area contributed by atoms with Crippen molar-refractivity contribution in [2.45, 2.75) is 32.7 Å². The minimum atomic E-state index is -0.184. The molecule has 3 heterocycles. The number of hydrogen-bond acceptors (Lipinski definition) is 5. The number of hydrogen-bond donors (Lipinski definition) is 0. The normalized spacial score (nSPS) is 18.7. The summed E-state index contributed by atoms with van der Waals surface area (Å²) >= 11 is 0. The highest BCUT2D eigenvalue weighted by molar-refractivity contribution is 6.02. The van der Waals surface area contributed by atoms with Crippen LogP contribution in [0.5, 0.6) is 0 Å². The zero-order valence-corrected chi connectivity index (χ0v) is 20.4. The largest absolute Gasteiger partial charge is 0.379 e. The quantitative estimate of drug-likeness (QED) is 0.601. The number of morpholine rings is 1. The average Bonchev–Trinajstić information content (AvgIpc) is 3.48. The highest BCUT2D eigenvalue weighted by Crippen LogP contribution is 2.33. The Labute approximate surface area is 201 Å². The first-order valence-electron chi connectivity index (χ1n) is 12.1. The van der Waals surface area contributed by atoms with Gasteiger partial charge in [0.25, 0.3) is 5.91 Å². The van der Waals surface area contributed by atoms with Gasteiger partial charge in [0.1, 0.15) is 6.54 Å². The molecule has 1 aromatic heterocycles. The van der Waals surface area contributed by atoms with Gasteiger partial charge in [-0.3, -0.25) is 14.5 Å². The van der Waals surface area contributed by atoms with Gasteiger partial charge in [0, 0.05) is 52.3 Å².